The first-order valence-electron chi connectivity index (χ1n) is 12.4. The fraction of sp³-hybridized carbons (Fsp3) is 0.741. The van der Waals surface area contributed by atoms with Crippen molar-refractivity contribution in [1.29, 1.82) is 0 Å². The van der Waals surface area contributed by atoms with Gasteiger partial charge in [0.25, 0.3) is 0 Å². The highest BCUT2D eigenvalue weighted by Crippen LogP contribution is 2.65. The van der Waals surface area contributed by atoms with Crippen molar-refractivity contribution >= 4 is 5.78 Å². The lowest BCUT2D eigenvalue weighted by Gasteiger charge is -2.60. The molecule has 1 aromatic carbocycles. The molecule has 5 fully saturated rings. The van der Waals surface area contributed by atoms with Crippen LogP contribution in [0.1, 0.15) is 63.0 Å². The van der Waals surface area contributed by atoms with Gasteiger partial charge in [-0.25, -0.2) is 0 Å². The molecule has 5 aliphatic rings. The summed E-state index contributed by atoms with van der Waals surface area (Å²) < 4.78 is 5.65. The third-order valence-electron chi connectivity index (χ3n) is 10.0. The van der Waals surface area contributed by atoms with E-state index in [0.717, 1.165) is 37.0 Å². The Kier molecular flexibility index (Phi) is 4.40. The van der Waals surface area contributed by atoms with Gasteiger partial charge in [0.1, 0.15) is 11.5 Å². The van der Waals surface area contributed by atoms with Gasteiger partial charge in [-0.15, -0.1) is 0 Å². The van der Waals surface area contributed by atoms with Crippen molar-refractivity contribution in [1.82, 2.24) is 4.90 Å². The highest BCUT2D eigenvalue weighted by molar-refractivity contribution is 5.85. The molecule has 4 saturated carbocycles. The molecule has 1 aromatic rings. The molecule has 0 amide bonds. The van der Waals surface area contributed by atoms with Gasteiger partial charge in [-0.1, -0.05) is 6.07 Å². The lowest BCUT2D eigenvalue weighted by molar-refractivity contribution is -0.142. The van der Waals surface area contributed by atoms with Crippen LogP contribution in [0.15, 0.2) is 18.2 Å². The van der Waals surface area contributed by atoms with Crippen LogP contribution in [-0.2, 0) is 10.2 Å². The van der Waals surface area contributed by atoms with Gasteiger partial charge in [-0.05, 0) is 112 Å². The maximum atomic E-state index is 13.7. The summed E-state index contributed by atoms with van der Waals surface area (Å²) in [4.78, 5) is 16.5. The number of Topliss-reactive ketones (excluding diaryl/α,β-unsaturated/α-hetero) is 1. The summed E-state index contributed by atoms with van der Waals surface area (Å²) in [7, 11) is 1.77. The molecule has 7 unspecified atom stereocenters. The molecule has 0 aromatic heterocycles. The van der Waals surface area contributed by atoms with Gasteiger partial charge >= 0.3 is 0 Å². The van der Waals surface area contributed by atoms with E-state index in [1.165, 1.54) is 49.8 Å². The van der Waals surface area contributed by atoms with Gasteiger partial charge < -0.3 is 9.64 Å². The van der Waals surface area contributed by atoms with Crippen molar-refractivity contribution in [3.05, 3.63) is 29.3 Å². The van der Waals surface area contributed by atoms with E-state index in [-0.39, 0.29) is 5.41 Å². The molecule has 4 aliphatic carbocycles. The van der Waals surface area contributed by atoms with Gasteiger partial charge in [0, 0.05) is 30.3 Å². The predicted octanol–water partition coefficient (Wildman–Crippen LogP) is 5.00. The van der Waals surface area contributed by atoms with E-state index in [0.29, 0.717) is 35.5 Å². The van der Waals surface area contributed by atoms with Crippen molar-refractivity contribution in [3.8, 4) is 5.75 Å². The molecule has 1 heterocycles. The van der Waals surface area contributed by atoms with Crippen LogP contribution < -0.4 is 4.74 Å². The Balaban J connectivity index is 1.47. The minimum atomic E-state index is 0.000814. The summed E-state index contributed by atoms with van der Waals surface area (Å²) in [6, 6.07) is 7.16. The number of aryl methyl sites for hydroxylation is 1. The van der Waals surface area contributed by atoms with E-state index in [1.54, 1.807) is 7.11 Å². The second-order valence-electron chi connectivity index (χ2n) is 11.4. The van der Waals surface area contributed by atoms with Gasteiger partial charge in [0.15, 0.2) is 0 Å². The average molecular weight is 408 g/mol. The molecule has 6 rings (SSSR count). The number of ketones is 1. The number of benzene rings is 1. The Morgan fingerprint density at radius 1 is 1.17 bits per heavy atom. The number of carbonyl (C=O) groups is 1. The number of rotatable bonds is 4. The first-order valence-corrected chi connectivity index (χ1v) is 12.4. The first-order chi connectivity index (χ1) is 14.5. The van der Waals surface area contributed by atoms with Crippen molar-refractivity contribution in [2.24, 2.45) is 35.5 Å². The number of methoxy groups -OCH3 is 1. The quantitative estimate of drug-likeness (QED) is 0.704. The van der Waals surface area contributed by atoms with Gasteiger partial charge in [-0.2, -0.15) is 0 Å². The minimum Gasteiger partial charge on any atom is -0.497 e. The largest absolute Gasteiger partial charge is 0.497 e. The summed E-state index contributed by atoms with van der Waals surface area (Å²) in [6.45, 7) is 7.18. The number of carbonyl (C=O) groups excluding carboxylic acids is 1. The summed E-state index contributed by atoms with van der Waals surface area (Å²) >= 11 is 0. The Morgan fingerprint density at radius 2 is 1.97 bits per heavy atom. The average Bonchev–Trinajstić information content (AvgIpc) is 3.31. The highest BCUT2D eigenvalue weighted by atomic mass is 16.5. The first kappa shape index (κ1) is 19.3. The topological polar surface area (TPSA) is 29.5 Å². The molecular formula is C27H37NO2. The monoisotopic (exact) mass is 407 g/mol. The molecule has 162 valence electrons. The van der Waals surface area contributed by atoms with Crippen LogP contribution in [0.2, 0.25) is 0 Å². The molecule has 0 spiro atoms. The fourth-order valence-corrected chi connectivity index (χ4v) is 8.62. The number of fused-ring (bicyclic) bond motifs is 7. The molecule has 0 radical (unpaired) electrons. The number of hydrogen-bond donors (Lipinski definition) is 0. The van der Waals surface area contributed by atoms with Crippen molar-refractivity contribution in [2.45, 2.75) is 70.3 Å². The highest BCUT2D eigenvalue weighted by Gasteiger charge is 2.64. The molecule has 7 atom stereocenters. The van der Waals surface area contributed by atoms with Crippen molar-refractivity contribution in [3.63, 3.8) is 0 Å². The van der Waals surface area contributed by atoms with E-state index in [4.69, 9.17) is 4.74 Å². The molecular weight excluding hydrogens is 370 g/mol. The summed E-state index contributed by atoms with van der Waals surface area (Å²) in [5.74, 6) is 5.50. The Hall–Kier alpha value is -1.35. The van der Waals surface area contributed by atoms with E-state index in [1.807, 2.05) is 0 Å². The molecule has 3 nitrogen and oxygen atoms in total. The van der Waals surface area contributed by atoms with E-state index < -0.39 is 0 Å². The van der Waals surface area contributed by atoms with Crippen LogP contribution in [0.25, 0.3) is 0 Å². The Bertz CT molecular complexity index is 860. The maximum absolute atomic E-state index is 13.7. The normalized spacial score (nSPS) is 42.8. The Labute approximate surface area is 181 Å². The molecule has 30 heavy (non-hydrogen) atoms. The van der Waals surface area contributed by atoms with Crippen molar-refractivity contribution < 1.29 is 9.53 Å². The Morgan fingerprint density at radius 3 is 2.73 bits per heavy atom. The zero-order chi connectivity index (χ0) is 20.6. The zero-order valence-corrected chi connectivity index (χ0v) is 18.9. The third-order valence-corrected chi connectivity index (χ3v) is 10.0. The molecule has 3 heteroatoms. The van der Waals surface area contributed by atoms with Gasteiger partial charge in [0.2, 0.25) is 0 Å². The molecule has 1 saturated heterocycles. The third kappa shape index (κ3) is 2.70. The smallest absolute Gasteiger partial charge is 0.137 e. The van der Waals surface area contributed by atoms with Crippen LogP contribution >= 0.6 is 0 Å². The van der Waals surface area contributed by atoms with Crippen LogP contribution in [-0.4, -0.2) is 36.9 Å². The number of nitrogens with zero attached hydrogens (tertiary/aromatic N) is 1. The van der Waals surface area contributed by atoms with Gasteiger partial charge in [0.05, 0.1) is 7.11 Å². The minimum absolute atomic E-state index is 0.000814. The van der Waals surface area contributed by atoms with Gasteiger partial charge in [-0.3, -0.25) is 4.79 Å². The fourth-order valence-electron chi connectivity index (χ4n) is 8.62. The van der Waals surface area contributed by atoms with Crippen molar-refractivity contribution in [2.75, 3.05) is 20.2 Å². The summed E-state index contributed by atoms with van der Waals surface area (Å²) in [6.07, 6.45) is 8.72. The molecule has 2 bridgehead atoms. The molecule has 0 N–H and O–H groups in total. The second-order valence-corrected chi connectivity index (χ2v) is 11.4. The number of piperidine rings is 1. The maximum Gasteiger partial charge on any atom is 0.137 e. The van der Waals surface area contributed by atoms with E-state index >= 15 is 0 Å². The summed E-state index contributed by atoms with van der Waals surface area (Å²) in [5.41, 5.74) is 2.76. The number of ether oxygens (including phenoxy) is 1. The predicted molar refractivity (Wildman–Crippen MR) is 119 cm³/mol. The van der Waals surface area contributed by atoms with Crippen LogP contribution in [0, 0.1) is 42.4 Å². The SMILES string of the molecule is COc1ccc(C)c(C23CCN(CC4CC4)C(C)C2C2C4CCC(C4)C2C(=O)C3)c1. The second kappa shape index (κ2) is 6.82. The standard InChI is InChI=1S/C27H37NO2/c1-16-4-9-21(30-3)13-22(16)27-10-11-28(15-18-5-6-18)17(2)26(27)25-20-8-7-19(12-20)24(25)23(29)14-27/h4,9,13,17-20,24-26H,5-8,10-12,14-15H2,1-3H3. The van der Waals surface area contributed by atoms with E-state index in [9.17, 15) is 4.79 Å². The zero-order valence-electron chi connectivity index (χ0n) is 18.9. The summed E-state index contributed by atoms with van der Waals surface area (Å²) in [5, 5.41) is 0. The number of likely N-dealkylation sites (tertiary alicyclic amines) is 1. The van der Waals surface area contributed by atoms with Crippen LogP contribution in [0.5, 0.6) is 5.75 Å². The van der Waals surface area contributed by atoms with E-state index in [2.05, 4.69) is 36.9 Å². The van der Waals surface area contributed by atoms with Crippen LogP contribution in [0.4, 0.5) is 0 Å². The lowest BCUT2D eigenvalue weighted by atomic mass is 9.48. The lowest BCUT2D eigenvalue weighted by Crippen LogP contribution is -2.63. The molecule has 1 aliphatic heterocycles. The number of hydrogen-bond acceptors (Lipinski definition) is 3. The van der Waals surface area contributed by atoms with Crippen LogP contribution in [0.3, 0.4) is 0 Å².